The molecule has 7 nitrogen and oxygen atoms in total. The number of carbonyl (C=O) groups is 1. The zero-order valence-electron chi connectivity index (χ0n) is 15.4. The van der Waals surface area contributed by atoms with E-state index in [9.17, 15) is 9.59 Å². The Morgan fingerprint density at radius 1 is 1.43 bits per heavy atom. The summed E-state index contributed by atoms with van der Waals surface area (Å²) in [5.41, 5.74) is 0.667. The van der Waals surface area contributed by atoms with E-state index >= 15 is 0 Å². The van der Waals surface area contributed by atoms with E-state index in [4.69, 9.17) is 17.0 Å². The van der Waals surface area contributed by atoms with Gasteiger partial charge in [0.15, 0.2) is 0 Å². The fourth-order valence-electron chi connectivity index (χ4n) is 3.32. The molecule has 4 heterocycles. The Hall–Kier alpha value is -2.23. The van der Waals surface area contributed by atoms with Crippen LogP contribution in [0.3, 0.4) is 0 Å². The molecule has 0 saturated carbocycles. The lowest BCUT2D eigenvalue weighted by Gasteiger charge is -2.18. The third-order valence-electron chi connectivity index (χ3n) is 4.67. The number of anilines is 1. The van der Waals surface area contributed by atoms with Gasteiger partial charge in [-0.2, -0.15) is 0 Å². The minimum Gasteiger partial charge on any atom is -0.376 e. The first kappa shape index (κ1) is 19.1. The number of thioether (sulfide) groups is 1. The Kier molecular flexibility index (Phi) is 5.47. The molecule has 2 aromatic rings. The van der Waals surface area contributed by atoms with Gasteiger partial charge in [-0.15, -0.1) is 0 Å². The van der Waals surface area contributed by atoms with Crippen LogP contribution in [0.25, 0.3) is 11.7 Å². The number of ether oxygens (including phenoxy) is 1. The molecule has 4 rings (SSSR count). The number of hydrogen-bond acceptors (Lipinski definition) is 7. The van der Waals surface area contributed by atoms with E-state index < -0.39 is 0 Å². The summed E-state index contributed by atoms with van der Waals surface area (Å²) in [6.07, 6.45) is 5.21. The summed E-state index contributed by atoms with van der Waals surface area (Å²) in [4.78, 5) is 32.4. The van der Waals surface area contributed by atoms with E-state index in [0.717, 1.165) is 19.4 Å². The van der Waals surface area contributed by atoms with E-state index in [1.165, 1.54) is 16.2 Å². The van der Waals surface area contributed by atoms with Crippen molar-refractivity contribution >= 4 is 51.7 Å². The quantitative estimate of drug-likeness (QED) is 0.593. The summed E-state index contributed by atoms with van der Waals surface area (Å²) in [5, 5.41) is 3.12. The standard InChI is InChI=1S/C19H20N4O3S2/c1-2-20-16-13(17(24)22-8-4-3-7-15(22)21-16)10-14-18(25)23(19(27)28-14)11-12-6-5-9-26-12/h3-4,7-8,10,12,20H,2,5-6,9,11H2,1H3/b14-10-. The van der Waals surface area contributed by atoms with E-state index in [0.29, 0.717) is 39.3 Å². The number of carbonyl (C=O) groups excluding carboxylic acids is 1. The lowest BCUT2D eigenvalue weighted by atomic mass is 10.2. The molecule has 1 amide bonds. The van der Waals surface area contributed by atoms with Crippen LogP contribution in [0.1, 0.15) is 25.3 Å². The second-order valence-electron chi connectivity index (χ2n) is 6.57. The summed E-state index contributed by atoms with van der Waals surface area (Å²) in [7, 11) is 0. The fraction of sp³-hybridized carbons (Fsp3) is 0.368. The molecule has 0 radical (unpaired) electrons. The van der Waals surface area contributed by atoms with Crippen molar-refractivity contribution in [2.24, 2.45) is 0 Å². The van der Waals surface area contributed by atoms with Crippen molar-refractivity contribution in [3.8, 4) is 0 Å². The zero-order chi connectivity index (χ0) is 19.7. The normalized spacial score (nSPS) is 21.2. The van der Waals surface area contributed by atoms with Crippen molar-refractivity contribution in [2.75, 3.05) is 25.0 Å². The van der Waals surface area contributed by atoms with Gasteiger partial charge in [0, 0.05) is 19.3 Å². The molecule has 0 bridgehead atoms. The molecular weight excluding hydrogens is 396 g/mol. The van der Waals surface area contributed by atoms with Crippen LogP contribution in [0.2, 0.25) is 0 Å². The van der Waals surface area contributed by atoms with Crippen LogP contribution in [-0.4, -0.2) is 50.3 Å². The van der Waals surface area contributed by atoms with Gasteiger partial charge >= 0.3 is 0 Å². The first-order valence-electron chi connectivity index (χ1n) is 9.20. The number of thiocarbonyl (C=S) groups is 1. The molecule has 2 saturated heterocycles. The van der Waals surface area contributed by atoms with Gasteiger partial charge < -0.3 is 10.1 Å². The van der Waals surface area contributed by atoms with E-state index in [1.807, 2.05) is 13.0 Å². The Bertz CT molecular complexity index is 1030. The largest absolute Gasteiger partial charge is 0.376 e. The molecule has 1 atom stereocenters. The molecule has 28 heavy (non-hydrogen) atoms. The lowest BCUT2D eigenvalue weighted by Crippen LogP contribution is -2.35. The number of hydrogen-bond donors (Lipinski definition) is 1. The van der Waals surface area contributed by atoms with Crippen LogP contribution in [-0.2, 0) is 9.53 Å². The monoisotopic (exact) mass is 416 g/mol. The van der Waals surface area contributed by atoms with Crippen molar-refractivity contribution in [3.63, 3.8) is 0 Å². The van der Waals surface area contributed by atoms with Gasteiger partial charge in [0.1, 0.15) is 15.8 Å². The highest BCUT2D eigenvalue weighted by molar-refractivity contribution is 8.26. The second kappa shape index (κ2) is 8.02. The highest BCUT2D eigenvalue weighted by Crippen LogP contribution is 2.34. The number of fused-ring (bicyclic) bond motifs is 1. The maximum Gasteiger partial charge on any atom is 0.267 e. The predicted octanol–water partition coefficient (Wildman–Crippen LogP) is 2.51. The van der Waals surface area contributed by atoms with Gasteiger partial charge in [-0.05, 0) is 38.0 Å². The predicted molar refractivity (Wildman–Crippen MR) is 114 cm³/mol. The van der Waals surface area contributed by atoms with Crippen LogP contribution in [0.4, 0.5) is 5.82 Å². The lowest BCUT2D eigenvalue weighted by molar-refractivity contribution is -0.123. The SMILES string of the molecule is CCNc1nc2ccccn2c(=O)c1/C=C1\SC(=S)N(CC2CCCO2)C1=O. The topological polar surface area (TPSA) is 75.9 Å². The van der Waals surface area contributed by atoms with Crippen molar-refractivity contribution in [2.45, 2.75) is 25.9 Å². The molecular formula is C19H20N4O3S2. The summed E-state index contributed by atoms with van der Waals surface area (Å²) in [6.45, 7) is 3.72. The van der Waals surface area contributed by atoms with Gasteiger partial charge in [0.05, 0.1) is 23.1 Å². The average molecular weight is 417 g/mol. The smallest absolute Gasteiger partial charge is 0.267 e. The maximum absolute atomic E-state index is 13.0. The molecule has 9 heteroatoms. The fourth-order valence-corrected chi connectivity index (χ4v) is 4.57. The summed E-state index contributed by atoms with van der Waals surface area (Å²) in [6, 6.07) is 5.37. The molecule has 2 aromatic heterocycles. The van der Waals surface area contributed by atoms with E-state index in [-0.39, 0.29) is 17.6 Å². The minimum atomic E-state index is -0.231. The Balaban J connectivity index is 1.71. The van der Waals surface area contributed by atoms with Crippen molar-refractivity contribution in [1.29, 1.82) is 0 Å². The number of nitrogens with zero attached hydrogens (tertiary/aromatic N) is 3. The van der Waals surface area contributed by atoms with Gasteiger partial charge in [0.25, 0.3) is 11.5 Å². The summed E-state index contributed by atoms with van der Waals surface area (Å²) < 4.78 is 7.59. The third kappa shape index (κ3) is 3.57. The molecule has 1 N–H and O–H groups in total. The van der Waals surface area contributed by atoms with Gasteiger partial charge in [-0.3, -0.25) is 18.9 Å². The molecule has 0 spiro atoms. The van der Waals surface area contributed by atoms with Crippen molar-refractivity contribution in [3.05, 3.63) is 45.2 Å². The van der Waals surface area contributed by atoms with Gasteiger partial charge in [-0.25, -0.2) is 4.98 Å². The zero-order valence-corrected chi connectivity index (χ0v) is 17.0. The molecule has 2 fully saturated rings. The summed E-state index contributed by atoms with van der Waals surface area (Å²) >= 11 is 6.61. The van der Waals surface area contributed by atoms with Crippen molar-refractivity contribution < 1.29 is 9.53 Å². The Morgan fingerprint density at radius 2 is 2.29 bits per heavy atom. The first-order valence-corrected chi connectivity index (χ1v) is 10.4. The van der Waals surface area contributed by atoms with Crippen LogP contribution in [0, 0.1) is 0 Å². The Morgan fingerprint density at radius 3 is 3.04 bits per heavy atom. The molecule has 0 aromatic carbocycles. The number of amides is 1. The molecule has 2 aliphatic rings. The molecule has 1 unspecified atom stereocenters. The van der Waals surface area contributed by atoms with Crippen LogP contribution in [0.15, 0.2) is 34.1 Å². The number of pyridine rings is 1. The number of nitrogens with one attached hydrogen (secondary N) is 1. The maximum atomic E-state index is 13.0. The highest BCUT2D eigenvalue weighted by Gasteiger charge is 2.35. The van der Waals surface area contributed by atoms with Gasteiger partial charge in [-0.1, -0.05) is 30.0 Å². The molecule has 2 aliphatic heterocycles. The first-order chi connectivity index (χ1) is 13.6. The number of rotatable bonds is 5. The average Bonchev–Trinajstić information content (AvgIpc) is 3.29. The Labute approximate surface area is 171 Å². The van der Waals surface area contributed by atoms with Crippen LogP contribution >= 0.6 is 24.0 Å². The van der Waals surface area contributed by atoms with E-state index in [1.54, 1.807) is 29.3 Å². The van der Waals surface area contributed by atoms with Crippen LogP contribution < -0.4 is 10.9 Å². The van der Waals surface area contributed by atoms with Gasteiger partial charge in [0.2, 0.25) is 0 Å². The van der Waals surface area contributed by atoms with E-state index in [2.05, 4.69) is 10.3 Å². The number of aromatic nitrogens is 2. The van der Waals surface area contributed by atoms with Crippen molar-refractivity contribution in [1.82, 2.24) is 14.3 Å². The third-order valence-corrected chi connectivity index (χ3v) is 6.05. The summed E-state index contributed by atoms with van der Waals surface area (Å²) in [5.74, 6) is 0.272. The molecule has 146 valence electrons. The molecule has 0 aliphatic carbocycles. The van der Waals surface area contributed by atoms with Crippen LogP contribution in [0.5, 0.6) is 0 Å². The minimum absolute atomic E-state index is 0.0205. The second-order valence-corrected chi connectivity index (χ2v) is 8.24. The highest BCUT2D eigenvalue weighted by atomic mass is 32.2.